The van der Waals surface area contributed by atoms with E-state index in [9.17, 15) is 14.9 Å². The fraction of sp³-hybridized carbons (Fsp3) is 0.200. The van der Waals surface area contributed by atoms with Gasteiger partial charge in [0.15, 0.2) is 0 Å². The van der Waals surface area contributed by atoms with E-state index in [0.717, 1.165) is 0 Å². The van der Waals surface area contributed by atoms with E-state index < -0.39 is 10.8 Å². The summed E-state index contributed by atoms with van der Waals surface area (Å²) in [4.78, 5) is 23.5. The maximum atomic E-state index is 12.7. The molecule has 29 heavy (non-hydrogen) atoms. The van der Waals surface area contributed by atoms with Crippen LogP contribution in [0.15, 0.2) is 42.5 Å². The van der Waals surface area contributed by atoms with E-state index in [4.69, 9.17) is 9.47 Å². The Kier molecular flexibility index (Phi) is 5.49. The number of nitrogens with one attached hydrogen (secondary N) is 1. The Labute approximate surface area is 167 Å². The van der Waals surface area contributed by atoms with Gasteiger partial charge in [0, 0.05) is 24.9 Å². The van der Waals surface area contributed by atoms with E-state index in [1.165, 1.54) is 18.2 Å². The Hall–Kier alpha value is -3.88. The molecular weight excluding hydrogens is 376 g/mol. The van der Waals surface area contributed by atoms with Crippen LogP contribution in [0.4, 0.5) is 11.4 Å². The number of amides is 1. The number of ether oxygens (including phenoxy) is 2. The summed E-state index contributed by atoms with van der Waals surface area (Å²) in [7, 11) is 3.30. The topological polar surface area (TPSA) is 109 Å². The number of hydrogen-bond donors (Lipinski definition) is 1. The molecule has 2 aromatic carbocycles. The van der Waals surface area contributed by atoms with Crippen molar-refractivity contribution < 1.29 is 19.2 Å². The summed E-state index contributed by atoms with van der Waals surface area (Å²) < 4.78 is 12.4. The first kappa shape index (κ1) is 19.9. The van der Waals surface area contributed by atoms with Gasteiger partial charge in [-0.05, 0) is 38.1 Å². The van der Waals surface area contributed by atoms with Crippen LogP contribution in [0.25, 0.3) is 0 Å². The molecule has 0 aliphatic heterocycles. The number of carbonyl (C=O) groups is 1. The Balaban J connectivity index is 1.90. The zero-order valence-corrected chi connectivity index (χ0v) is 16.4. The number of benzene rings is 2. The number of aryl methyl sites for hydroxylation is 2. The largest absolute Gasteiger partial charge is 0.497 e. The third kappa shape index (κ3) is 4.34. The minimum atomic E-state index is -0.545. The maximum Gasteiger partial charge on any atom is 0.275 e. The third-order valence-corrected chi connectivity index (χ3v) is 4.39. The Morgan fingerprint density at radius 3 is 2.31 bits per heavy atom. The van der Waals surface area contributed by atoms with E-state index in [0.29, 0.717) is 28.5 Å². The van der Waals surface area contributed by atoms with Crippen LogP contribution < -0.4 is 14.8 Å². The predicted octanol–water partition coefficient (Wildman–Crippen LogP) is 4.00. The molecule has 0 atom stereocenters. The van der Waals surface area contributed by atoms with Crippen molar-refractivity contribution in [3.05, 3.63) is 69.5 Å². The number of rotatable bonds is 6. The van der Waals surface area contributed by atoms with E-state index >= 15 is 0 Å². The summed E-state index contributed by atoms with van der Waals surface area (Å²) in [5.41, 5.74) is 1.74. The smallest absolute Gasteiger partial charge is 0.275 e. The first-order valence-electron chi connectivity index (χ1n) is 8.71. The van der Waals surface area contributed by atoms with Crippen molar-refractivity contribution in [2.75, 3.05) is 12.4 Å². The van der Waals surface area contributed by atoms with Gasteiger partial charge in [0.05, 0.1) is 35.0 Å². The lowest BCUT2D eigenvalue weighted by Crippen LogP contribution is -2.14. The Morgan fingerprint density at radius 2 is 1.76 bits per heavy atom. The van der Waals surface area contributed by atoms with Gasteiger partial charge in [0.2, 0.25) is 0 Å². The molecule has 0 unspecified atom stereocenters. The van der Waals surface area contributed by atoms with Crippen LogP contribution in [-0.2, 0) is 7.05 Å². The summed E-state index contributed by atoms with van der Waals surface area (Å²) in [5.74, 6) is 0.956. The minimum Gasteiger partial charge on any atom is -0.497 e. The highest BCUT2D eigenvalue weighted by atomic mass is 16.6. The number of non-ortho nitro benzene ring substituents is 1. The van der Waals surface area contributed by atoms with Gasteiger partial charge in [-0.1, -0.05) is 0 Å². The van der Waals surface area contributed by atoms with Crippen LogP contribution in [0.3, 0.4) is 0 Å². The lowest BCUT2D eigenvalue weighted by Gasteiger charge is -2.10. The summed E-state index contributed by atoms with van der Waals surface area (Å²) >= 11 is 0. The first-order chi connectivity index (χ1) is 13.8. The van der Waals surface area contributed by atoms with Crippen LogP contribution in [-0.4, -0.2) is 27.7 Å². The highest BCUT2D eigenvalue weighted by Gasteiger charge is 2.19. The van der Waals surface area contributed by atoms with Crippen molar-refractivity contribution in [3.8, 4) is 17.2 Å². The molecule has 1 heterocycles. The van der Waals surface area contributed by atoms with Crippen LogP contribution in [0.5, 0.6) is 17.2 Å². The molecule has 0 aliphatic carbocycles. The molecule has 3 aromatic rings. The number of aromatic nitrogens is 2. The second-order valence-corrected chi connectivity index (χ2v) is 6.37. The van der Waals surface area contributed by atoms with Gasteiger partial charge < -0.3 is 14.8 Å². The molecule has 0 saturated heterocycles. The van der Waals surface area contributed by atoms with E-state index in [2.05, 4.69) is 10.4 Å². The Bertz CT molecular complexity index is 1070. The molecule has 1 N–H and O–H groups in total. The van der Waals surface area contributed by atoms with Gasteiger partial charge in [-0.3, -0.25) is 19.6 Å². The van der Waals surface area contributed by atoms with Gasteiger partial charge in [0.1, 0.15) is 17.2 Å². The second-order valence-electron chi connectivity index (χ2n) is 6.37. The maximum absolute atomic E-state index is 12.7. The van der Waals surface area contributed by atoms with E-state index in [-0.39, 0.29) is 17.1 Å². The van der Waals surface area contributed by atoms with E-state index in [1.54, 1.807) is 57.0 Å². The average molecular weight is 396 g/mol. The normalized spacial score (nSPS) is 10.5. The highest BCUT2D eigenvalue weighted by Crippen LogP contribution is 2.31. The van der Waals surface area contributed by atoms with E-state index in [1.807, 2.05) is 0 Å². The Morgan fingerprint density at radius 1 is 1.10 bits per heavy atom. The van der Waals surface area contributed by atoms with Crippen LogP contribution in [0.1, 0.15) is 21.7 Å². The summed E-state index contributed by atoms with van der Waals surface area (Å²) in [6.45, 7) is 3.51. The lowest BCUT2D eigenvalue weighted by atomic mass is 10.1. The molecule has 0 saturated carbocycles. The summed E-state index contributed by atoms with van der Waals surface area (Å²) in [5, 5.41) is 18.2. The SMILES string of the molecule is COc1ccc(Oc2cc(NC(=O)c3c(C)nn(C)c3C)cc([N+](=O)[O-])c2)cc1. The quantitative estimate of drug-likeness (QED) is 0.498. The van der Waals surface area contributed by atoms with Crippen LogP contribution >= 0.6 is 0 Å². The molecule has 9 nitrogen and oxygen atoms in total. The van der Waals surface area contributed by atoms with Crippen LogP contribution in [0.2, 0.25) is 0 Å². The molecule has 0 fully saturated rings. The monoisotopic (exact) mass is 396 g/mol. The second kappa shape index (κ2) is 8.01. The standard InChI is InChI=1S/C20H20N4O5/c1-12-19(13(2)23(3)22-12)20(25)21-14-9-15(24(26)27)11-18(10-14)29-17-7-5-16(28-4)6-8-17/h5-11H,1-4H3,(H,21,25). The number of nitro groups is 1. The summed E-state index contributed by atoms with van der Waals surface area (Å²) in [6, 6.07) is 10.9. The van der Waals surface area contributed by atoms with Crippen molar-refractivity contribution in [1.82, 2.24) is 9.78 Å². The van der Waals surface area contributed by atoms with Crippen LogP contribution in [0, 0.1) is 24.0 Å². The molecule has 0 aliphatic rings. The van der Waals surface area contributed by atoms with Crippen molar-refractivity contribution in [2.24, 2.45) is 7.05 Å². The fourth-order valence-corrected chi connectivity index (χ4v) is 2.90. The molecule has 0 bridgehead atoms. The molecule has 9 heteroatoms. The van der Waals surface area contributed by atoms with Crippen molar-refractivity contribution >= 4 is 17.3 Å². The zero-order valence-electron chi connectivity index (χ0n) is 16.4. The molecular formula is C20H20N4O5. The van der Waals surface area contributed by atoms with Crippen molar-refractivity contribution in [2.45, 2.75) is 13.8 Å². The minimum absolute atomic E-state index is 0.203. The predicted molar refractivity (Wildman–Crippen MR) is 107 cm³/mol. The fourth-order valence-electron chi connectivity index (χ4n) is 2.90. The molecule has 1 aromatic heterocycles. The molecule has 0 spiro atoms. The lowest BCUT2D eigenvalue weighted by molar-refractivity contribution is -0.384. The van der Waals surface area contributed by atoms with Gasteiger partial charge >= 0.3 is 0 Å². The van der Waals surface area contributed by atoms with Gasteiger partial charge in [0.25, 0.3) is 11.6 Å². The van der Waals surface area contributed by atoms with Crippen molar-refractivity contribution in [3.63, 3.8) is 0 Å². The molecule has 3 rings (SSSR count). The molecule has 0 radical (unpaired) electrons. The number of nitro benzene ring substituents is 1. The van der Waals surface area contributed by atoms with Gasteiger partial charge in [-0.15, -0.1) is 0 Å². The number of nitrogens with zero attached hydrogens (tertiary/aromatic N) is 3. The number of carbonyl (C=O) groups excluding carboxylic acids is 1. The number of anilines is 1. The molecule has 1 amide bonds. The first-order valence-corrected chi connectivity index (χ1v) is 8.71. The summed E-state index contributed by atoms with van der Waals surface area (Å²) in [6.07, 6.45) is 0. The third-order valence-electron chi connectivity index (χ3n) is 4.39. The average Bonchev–Trinajstić information content (AvgIpc) is 2.93. The zero-order chi connectivity index (χ0) is 21.1. The number of hydrogen-bond acceptors (Lipinski definition) is 6. The molecule has 150 valence electrons. The number of methoxy groups -OCH3 is 1. The van der Waals surface area contributed by atoms with Crippen molar-refractivity contribution in [1.29, 1.82) is 0 Å². The highest BCUT2D eigenvalue weighted by molar-refractivity contribution is 6.06. The van der Waals surface area contributed by atoms with Gasteiger partial charge in [-0.25, -0.2) is 0 Å². The van der Waals surface area contributed by atoms with Gasteiger partial charge in [-0.2, -0.15) is 5.10 Å².